The first-order valence-corrected chi connectivity index (χ1v) is 6.71. The molecule has 0 saturated heterocycles. The van der Waals surface area contributed by atoms with Gasteiger partial charge in [0.15, 0.2) is 0 Å². The predicted octanol–water partition coefficient (Wildman–Crippen LogP) is 2.63. The molecule has 4 heteroatoms. The van der Waals surface area contributed by atoms with E-state index in [4.69, 9.17) is 5.26 Å². The Bertz CT molecular complexity index is 629. The molecule has 0 aliphatic carbocycles. The van der Waals surface area contributed by atoms with Crippen LogP contribution in [0, 0.1) is 11.3 Å². The molecule has 1 amide bonds. The molecule has 0 spiro atoms. The van der Waals surface area contributed by atoms with Crippen LogP contribution >= 0.6 is 0 Å². The van der Waals surface area contributed by atoms with Gasteiger partial charge >= 0.3 is 0 Å². The highest BCUT2D eigenvalue weighted by Gasteiger charge is 2.08. The predicted molar refractivity (Wildman–Crippen MR) is 82.6 cm³/mol. The van der Waals surface area contributed by atoms with Gasteiger partial charge in [-0.05, 0) is 29.8 Å². The lowest BCUT2D eigenvalue weighted by molar-refractivity contribution is -0.128. The van der Waals surface area contributed by atoms with E-state index in [-0.39, 0.29) is 12.5 Å². The van der Waals surface area contributed by atoms with E-state index >= 15 is 0 Å². The molecule has 0 unspecified atom stereocenters. The third kappa shape index (κ3) is 4.36. The second kappa shape index (κ2) is 7.11. The van der Waals surface area contributed by atoms with Crippen LogP contribution in [-0.2, 0) is 11.3 Å². The number of hydrogen-bond acceptors (Lipinski definition) is 3. The van der Waals surface area contributed by atoms with Crippen molar-refractivity contribution in [3.8, 4) is 6.07 Å². The number of rotatable bonds is 5. The maximum absolute atomic E-state index is 12.1. The summed E-state index contributed by atoms with van der Waals surface area (Å²) in [5.74, 6) is 0.0169. The van der Waals surface area contributed by atoms with Gasteiger partial charge in [0.1, 0.15) is 0 Å². The van der Waals surface area contributed by atoms with Crippen molar-refractivity contribution in [2.24, 2.45) is 0 Å². The third-order valence-corrected chi connectivity index (χ3v) is 3.15. The quantitative estimate of drug-likeness (QED) is 0.915. The summed E-state index contributed by atoms with van der Waals surface area (Å²) >= 11 is 0. The Morgan fingerprint density at radius 2 is 1.81 bits per heavy atom. The van der Waals surface area contributed by atoms with Gasteiger partial charge in [-0.15, -0.1) is 0 Å². The summed E-state index contributed by atoms with van der Waals surface area (Å²) in [7, 11) is 1.79. The summed E-state index contributed by atoms with van der Waals surface area (Å²) in [6.07, 6.45) is 0. The summed E-state index contributed by atoms with van der Waals surface area (Å²) < 4.78 is 0. The van der Waals surface area contributed by atoms with E-state index in [1.165, 1.54) is 0 Å². The molecule has 2 rings (SSSR count). The lowest BCUT2D eigenvalue weighted by Gasteiger charge is -2.18. The van der Waals surface area contributed by atoms with Crippen molar-refractivity contribution in [1.29, 1.82) is 5.26 Å². The average Bonchev–Trinajstić information content (AvgIpc) is 2.54. The standard InChI is InChI=1S/C17H17N3O/c1-20(13-15-5-3-2-4-6-15)17(21)12-19-16-9-7-14(11-18)8-10-16/h2-10,19H,12-13H2,1H3. The van der Waals surface area contributed by atoms with Gasteiger partial charge in [0, 0.05) is 19.3 Å². The second-order valence-electron chi connectivity index (χ2n) is 4.78. The highest BCUT2D eigenvalue weighted by Crippen LogP contribution is 2.09. The molecule has 1 N–H and O–H groups in total. The van der Waals surface area contributed by atoms with Crippen molar-refractivity contribution in [2.75, 3.05) is 18.9 Å². The van der Waals surface area contributed by atoms with Gasteiger partial charge in [0.25, 0.3) is 0 Å². The van der Waals surface area contributed by atoms with Gasteiger partial charge in [-0.2, -0.15) is 5.26 Å². The molecule has 21 heavy (non-hydrogen) atoms. The van der Waals surface area contributed by atoms with Crippen molar-refractivity contribution in [1.82, 2.24) is 4.90 Å². The number of anilines is 1. The summed E-state index contributed by atoms with van der Waals surface area (Å²) in [6, 6.07) is 19.0. The number of benzene rings is 2. The van der Waals surface area contributed by atoms with E-state index in [9.17, 15) is 4.79 Å². The molecule has 0 atom stereocenters. The Hall–Kier alpha value is -2.80. The minimum absolute atomic E-state index is 0.0169. The monoisotopic (exact) mass is 279 g/mol. The van der Waals surface area contributed by atoms with Gasteiger partial charge in [0.2, 0.25) is 5.91 Å². The summed E-state index contributed by atoms with van der Waals surface area (Å²) in [5.41, 5.74) is 2.54. The molecule has 0 fully saturated rings. The Balaban J connectivity index is 1.84. The minimum Gasteiger partial charge on any atom is -0.376 e. The molecule has 4 nitrogen and oxygen atoms in total. The van der Waals surface area contributed by atoms with E-state index < -0.39 is 0 Å². The fourth-order valence-electron chi connectivity index (χ4n) is 1.92. The van der Waals surface area contributed by atoms with Crippen LogP contribution in [0.5, 0.6) is 0 Å². The van der Waals surface area contributed by atoms with Crippen molar-refractivity contribution in [3.63, 3.8) is 0 Å². The van der Waals surface area contributed by atoms with Crippen LogP contribution in [0.15, 0.2) is 54.6 Å². The molecule has 0 aromatic heterocycles. The first kappa shape index (κ1) is 14.6. The Morgan fingerprint density at radius 1 is 1.14 bits per heavy atom. The largest absolute Gasteiger partial charge is 0.376 e. The van der Waals surface area contributed by atoms with Gasteiger partial charge in [-0.3, -0.25) is 4.79 Å². The smallest absolute Gasteiger partial charge is 0.241 e. The fraction of sp³-hybridized carbons (Fsp3) is 0.176. The Morgan fingerprint density at radius 3 is 2.43 bits per heavy atom. The lowest BCUT2D eigenvalue weighted by Crippen LogP contribution is -2.31. The number of amides is 1. The number of nitrogens with one attached hydrogen (secondary N) is 1. The highest BCUT2D eigenvalue weighted by atomic mass is 16.2. The number of nitrogens with zero attached hydrogens (tertiary/aromatic N) is 2. The van der Waals surface area contributed by atoms with Crippen LogP contribution in [-0.4, -0.2) is 24.4 Å². The molecular weight excluding hydrogens is 262 g/mol. The molecule has 0 aliphatic rings. The topological polar surface area (TPSA) is 56.1 Å². The Labute approximate surface area is 124 Å². The highest BCUT2D eigenvalue weighted by molar-refractivity contribution is 5.80. The zero-order valence-electron chi connectivity index (χ0n) is 11.9. The van der Waals surface area contributed by atoms with E-state index in [0.717, 1.165) is 11.3 Å². The van der Waals surface area contributed by atoms with Gasteiger partial charge in [-0.25, -0.2) is 0 Å². The maximum Gasteiger partial charge on any atom is 0.241 e. The summed E-state index contributed by atoms with van der Waals surface area (Å²) in [4.78, 5) is 13.7. The first-order valence-electron chi connectivity index (χ1n) is 6.71. The van der Waals surface area contributed by atoms with E-state index in [2.05, 4.69) is 11.4 Å². The molecule has 106 valence electrons. The third-order valence-electron chi connectivity index (χ3n) is 3.15. The Kier molecular flexibility index (Phi) is 4.94. The van der Waals surface area contributed by atoms with Gasteiger partial charge in [0.05, 0.1) is 18.2 Å². The number of nitriles is 1. The number of carbonyl (C=O) groups excluding carboxylic acids is 1. The molecule has 0 aliphatic heterocycles. The second-order valence-corrected chi connectivity index (χ2v) is 4.78. The SMILES string of the molecule is CN(Cc1ccccc1)C(=O)CNc1ccc(C#N)cc1. The molecule has 0 saturated carbocycles. The van der Waals surface area contributed by atoms with E-state index in [1.54, 1.807) is 36.2 Å². The van der Waals surface area contributed by atoms with Crippen LogP contribution in [0.2, 0.25) is 0 Å². The van der Waals surface area contributed by atoms with E-state index in [1.807, 2.05) is 30.3 Å². The number of likely N-dealkylation sites (N-methyl/N-ethyl adjacent to an activating group) is 1. The summed E-state index contributed by atoms with van der Waals surface area (Å²) in [5, 5.41) is 11.8. The van der Waals surface area contributed by atoms with E-state index in [0.29, 0.717) is 12.1 Å². The number of hydrogen-bond donors (Lipinski definition) is 1. The van der Waals surface area contributed by atoms with Gasteiger partial charge in [-0.1, -0.05) is 30.3 Å². The molecule has 2 aromatic rings. The minimum atomic E-state index is 0.0169. The van der Waals surface area contributed by atoms with Crippen molar-refractivity contribution >= 4 is 11.6 Å². The maximum atomic E-state index is 12.1. The zero-order chi connectivity index (χ0) is 15.1. The molecule has 2 aromatic carbocycles. The fourth-order valence-corrected chi connectivity index (χ4v) is 1.92. The molecule has 0 bridgehead atoms. The molecule has 0 radical (unpaired) electrons. The van der Waals surface area contributed by atoms with Crippen LogP contribution in [0.1, 0.15) is 11.1 Å². The number of carbonyl (C=O) groups is 1. The van der Waals surface area contributed by atoms with Crippen LogP contribution in [0.4, 0.5) is 5.69 Å². The lowest BCUT2D eigenvalue weighted by atomic mass is 10.2. The molecule has 0 heterocycles. The van der Waals surface area contributed by atoms with Crippen molar-refractivity contribution < 1.29 is 4.79 Å². The van der Waals surface area contributed by atoms with Gasteiger partial charge < -0.3 is 10.2 Å². The van der Waals surface area contributed by atoms with Crippen molar-refractivity contribution in [3.05, 3.63) is 65.7 Å². The van der Waals surface area contributed by atoms with Crippen molar-refractivity contribution in [2.45, 2.75) is 6.54 Å². The summed E-state index contributed by atoms with van der Waals surface area (Å²) in [6.45, 7) is 0.823. The average molecular weight is 279 g/mol. The van der Waals surface area contributed by atoms with Crippen LogP contribution in [0.3, 0.4) is 0 Å². The zero-order valence-corrected chi connectivity index (χ0v) is 11.9. The van der Waals surface area contributed by atoms with Crippen LogP contribution < -0.4 is 5.32 Å². The molecular formula is C17H17N3O. The normalized spacial score (nSPS) is 9.71. The van der Waals surface area contributed by atoms with Crippen LogP contribution in [0.25, 0.3) is 0 Å². The first-order chi connectivity index (χ1) is 10.2.